The maximum atomic E-state index is 12.7. The molecule has 2 heterocycles. The predicted octanol–water partition coefficient (Wildman–Crippen LogP) is 3.89. The van der Waals surface area contributed by atoms with Crippen molar-refractivity contribution in [3.63, 3.8) is 0 Å². The number of oxazole rings is 1. The van der Waals surface area contributed by atoms with Gasteiger partial charge in [-0.2, -0.15) is 0 Å². The second kappa shape index (κ2) is 8.91. The van der Waals surface area contributed by atoms with Crippen molar-refractivity contribution < 1.29 is 13.9 Å². The molecule has 1 amide bonds. The lowest BCUT2D eigenvalue weighted by Crippen LogP contribution is -2.44. The van der Waals surface area contributed by atoms with Crippen LogP contribution in [0.15, 0.2) is 41.3 Å². The number of nitrogens with one attached hydrogen (secondary N) is 1. The lowest BCUT2D eigenvalue weighted by Gasteiger charge is -2.37. The number of nitrogens with zero attached hydrogens (tertiary/aromatic N) is 4. The fraction of sp³-hybridized carbons (Fsp3) is 0.478. The van der Waals surface area contributed by atoms with Crippen LogP contribution in [0.3, 0.4) is 0 Å². The Bertz CT molecular complexity index is 1030. The van der Waals surface area contributed by atoms with Gasteiger partial charge in [0.15, 0.2) is 6.39 Å². The molecule has 0 spiro atoms. The Balaban J connectivity index is 1.57. The van der Waals surface area contributed by atoms with Crippen LogP contribution in [0.25, 0.3) is 0 Å². The second-order valence-electron chi connectivity index (χ2n) is 9.29. The van der Waals surface area contributed by atoms with E-state index in [9.17, 15) is 4.79 Å². The van der Waals surface area contributed by atoms with Crippen molar-refractivity contribution in [2.24, 2.45) is 10.8 Å². The van der Waals surface area contributed by atoms with Crippen LogP contribution >= 0.6 is 0 Å². The van der Waals surface area contributed by atoms with E-state index < -0.39 is 5.41 Å². The largest absolute Gasteiger partial charge is 0.487 e. The fourth-order valence-corrected chi connectivity index (χ4v) is 2.79. The van der Waals surface area contributed by atoms with Gasteiger partial charge in [0.05, 0.1) is 19.3 Å². The Labute approximate surface area is 183 Å². The molecule has 0 radical (unpaired) electrons. The molecule has 0 unspecified atom stereocenters. The number of benzene rings is 1. The van der Waals surface area contributed by atoms with Crippen molar-refractivity contribution in [1.82, 2.24) is 25.3 Å². The zero-order valence-electron chi connectivity index (χ0n) is 19.1. The van der Waals surface area contributed by atoms with Crippen molar-refractivity contribution in [1.29, 1.82) is 0 Å². The SMILES string of the molecule is Cc1cccc(OCc2cn(Cc3ncoc3CNC(=O)C(C)(C)C(C)(C)C)nn2)c1. The van der Waals surface area contributed by atoms with E-state index in [2.05, 4.69) is 41.4 Å². The molecular formula is C23H31N5O3. The van der Waals surface area contributed by atoms with Gasteiger partial charge in [0, 0.05) is 5.41 Å². The minimum Gasteiger partial charge on any atom is -0.487 e. The lowest BCUT2D eigenvalue weighted by atomic mass is 9.69. The highest BCUT2D eigenvalue weighted by Crippen LogP contribution is 2.37. The number of ether oxygens (including phenoxy) is 1. The number of rotatable bonds is 8. The van der Waals surface area contributed by atoms with Gasteiger partial charge in [-0.3, -0.25) is 4.79 Å². The molecule has 1 aromatic carbocycles. The first-order valence-electron chi connectivity index (χ1n) is 10.3. The molecule has 8 nitrogen and oxygen atoms in total. The van der Waals surface area contributed by atoms with Crippen molar-refractivity contribution in [2.45, 2.75) is 61.2 Å². The second-order valence-corrected chi connectivity index (χ2v) is 9.29. The third kappa shape index (κ3) is 5.51. The van der Waals surface area contributed by atoms with Crippen LogP contribution in [-0.2, 0) is 24.5 Å². The molecule has 0 bridgehead atoms. The van der Waals surface area contributed by atoms with Crippen LogP contribution in [0.2, 0.25) is 0 Å². The predicted molar refractivity (Wildman–Crippen MR) is 116 cm³/mol. The minimum atomic E-state index is -0.523. The molecule has 2 aromatic heterocycles. The number of hydrogen-bond acceptors (Lipinski definition) is 6. The summed E-state index contributed by atoms with van der Waals surface area (Å²) in [6.07, 6.45) is 3.19. The molecule has 3 aromatic rings. The standard InChI is InChI=1S/C23H31N5O3/c1-16-8-7-9-18(10-16)30-14-17-12-28(27-26-17)13-19-20(31-15-25-19)11-24-21(29)23(5,6)22(2,3)4/h7-10,12,15H,11,13-14H2,1-6H3,(H,24,29). The average Bonchev–Trinajstić information content (AvgIpc) is 3.33. The summed E-state index contributed by atoms with van der Waals surface area (Å²) in [5, 5.41) is 11.3. The van der Waals surface area contributed by atoms with E-state index in [0.29, 0.717) is 30.3 Å². The third-order valence-corrected chi connectivity index (χ3v) is 5.85. The zero-order valence-corrected chi connectivity index (χ0v) is 19.1. The Morgan fingerprint density at radius 1 is 1.23 bits per heavy atom. The number of carbonyl (C=O) groups is 1. The first kappa shape index (κ1) is 22.5. The van der Waals surface area contributed by atoms with Gasteiger partial charge in [-0.1, -0.05) is 52.0 Å². The summed E-state index contributed by atoms with van der Waals surface area (Å²) >= 11 is 0. The molecule has 166 valence electrons. The highest BCUT2D eigenvalue weighted by atomic mass is 16.5. The summed E-state index contributed by atoms with van der Waals surface area (Å²) < 4.78 is 12.9. The van der Waals surface area contributed by atoms with E-state index in [0.717, 1.165) is 11.3 Å². The molecule has 1 N–H and O–H groups in total. The van der Waals surface area contributed by atoms with E-state index in [-0.39, 0.29) is 17.9 Å². The highest BCUT2D eigenvalue weighted by Gasteiger charge is 2.39. The number of aryl methyl sites for hydroxylation is 1. The number of hydrogen-bond donors (Lipinski definition) is 1. The van der Waals surface area contributed by atoms with Gasteiger partial charge in [0.25, 0.3) is 0 Å². The Kier molecular flexibility index (Phi) is 6.48. The van der Waals surface area contributed by atoms with Crippen molar-refractivity contribution in [3.05, 3.63) is 59.6 Å². The summed E-state index contributed by atoms with van der Waals surface area (Å²) in [5.74, 6) is 1.37. The monoisotopic (exact) mass is 425 g/mol. The Morgan fingerprint density at radius 3 is 2.71 bits per heavy atom. The number of amides is 1. The average molecular weight is 426 g/mol. The van der Waals surface area contributed by atoms with Crippen molar-refractivity contribution in [3.8, 4) is 5.75 Å². The Morgan fingerprint density at radius 2 is 2.00 bits per heavy atom. The van der Waals surface area contributed by atoms with Crippen molar-refractivity contribution in [2.75, 3.05) is 0 Å². The zero-order chi connectivity index (χ0) is 22.6. The lowest BCUT2D eigenvalue weighted by molar-refractivity contribution is -0.135. The first-order chi connectivity index (χ1) is 14.6. The molecule has 0 aliphatic heterocycles. The molecule has 0 saturated carbocycles. The molecule has 3 rings (SSSR count). The number of aromatic nitrogens is 4. The van der Waals surface area contributed by atoms with Gasteiger partial charge in [-0.15, -0.1) is 5.10 Å². The molecule has 0 atom stereocenters. The summed E-state index contributed by atoms with van der Waals surface area (Å²) in [6, 6.07) is 7.86. The quantitative estimate of drug-likeness (QED) is 0.588. The number of carbonyl (C=O) groups excluding carboxylic acids is 1. The van der Waals surface area contributed by atoms with E-state index >= 15 is 0 Å². The maximum Gasteiger partial charge on any atom is 0.226 e. The van der Waals surface area contributed by atoms with E-state index in [1.165, 1.54) is 6.39 Å². The molecular weight excluding hydrogens is 394 g/mol. The van der Waals surface area contributed by atoms with Gasteiger partial charge in [0.1, 0.15) is 29.5 Å². The topological polar surface area (TPSA) is 95.1 Å². The highest BCUT2D eigenvalue weighted by molar-refractivity contribution is 5.82. The van der Waals surface area contributed by atoms with E-state index in [4.69, 9.17) is 9.15 Å². The van der Waals surface area contributed by atoms with Gasteiger partial charge >= 0.3 is 0 Å². The van der Waals surface area contributed by atoms with Crippen LogP contribution in [0.4, 0.5) is 0 Å². The van der Waals surface area contributed by atoms with Crippen molar-refractivity contribution >= 4 is 5.91 Å². The maximum absolute atomic E-state index is 12.7. The molecule has 31 heavy (non-hydrogen) atoms. The molecule has 0 fully saturated rings. The van der Waals surface area contributed by atoms with Crippen LogP contribution in [-0.4, -0.2) is 25.9 Å². The molecule has 0 saturated heterocycles. The smallest absolute Gasteiger partial charge is 0.226 e. The van der Waals surface area contributed by atoms with Crippen LogP contribution < -0.4 is 10.1 Å². The van der Waals surface area contributed by atoms with Gasteiger partial charge in [-0.05, 0) is 30.0 Å². The summed E-state index contributed by atoms with van der Waals surface area (Å²) in [7, 11) is 0. The summed E-state index contributed by atoms with van der Waals surface area (Å²) in [4.78, 5) is 16.9. The third-order valence-electron chi connectivity index (χ3n) is 5.85. The normalized spacial score (nSPS) is 12.1. The van der Waals surface area contributed by atoms with Crippen LogP contribution in [0.1, 0.15) is 57.3 Å². The first-order valence-corrected chi connectivity index (χ1v) is 10.3. The molecule has 0 aliphatic rings. The molecule has 8 heteroatoms. The van der Waals surface area contributed by atoms with Gasteiger partial charge in [-0.25, -0.2) is 9.67 Å². The minimum absolute atomic E-state index is 0.0290. The summed E-state index contributed by atoms with van der Waals surface area (Å²) in [6.45, 7) is 13.1. The van der Waals surface area contributed by atoms with Gasteiger partial charge in [0.2, 0.25) is 5.91 Å². The fourth-order valence-electron chi connectivity index (χ4n) is 2.79. The Hall–Kier alpha value is -3.16. The van der Waals surface area contributed by atoms with Gasteiger partial charge < -0.3 is 14.5 Å². The van der Waals surface area contributed by atoms with Crippen LogP contribution in [0, 0.1) is 17.8 Å². The molecule has 0 aliphatic carbocycles. The van der Waals surface area contributed by atoms with Crippen LogP contribution in [0.5, 0.6) is 5.75 Å². The van der Waals surface area contributed by atoms with E-state index in [1.54, 1.807) is 4.68 Å². The van der Waals surface area contributed by atoms with E-state index in [1.807, 2.05) is 51.2 Å². The summed E-state index contributed by atoms with van der Waals surface area (Å²) in [5.41, 5.74) is 1.86.